The van der Waals surface area contributed by atoms with Crippen LogP contribution >= 0.6 is 0 Å². The Morgan fingerprint density at radius 3 is 2.15 bits per heavy atom. The zero-order chi connectivity index (χ0) is 30.1. The van der Waals surface area contributed by atoms with E-state index in [0.29, 0.717) is 16.6 Å². The van der Waals surface area contributed by atoms with E-state index in [4.69, 9.17) is 11.5 Å². The highest BCUT2D eigenvalue weighted by molar-refractivity contribution is 5.96. The molecule has 16 nitrogen and oxygen atoms in total. The molecule has 4 atom stereocenters. The first-order valence-corrected chi connectivity index (χ1v) is 12.4. The Bertz CT molecular complexity index is 1420. The van der Waals surface area contributed by atoms with Crippen LogP contribution in [0.5, 0.6) is 0 Å². The molecule has 0 radical (unpaired) electrons. The van der Waals surface area contributed by atoms with Gasteiger partial charge >= 0.3 is 11.9 Å². The number of aliphatic carboxylic acids is 2. The Hall–Kier alpha value is -5.25. The zero-order valence-corrected chi connectivity index (χ0v) is 21.6. The van der Waals surface area contributed by atoms with Gasteiger partial charge in [0.15, 0.2) is 0 Å². The molecule has 0 fully saturated rings. The summed E-state index contributed by atoms with van der Waals surface area (Å²) in [7, 11) is 0. The summed E-state index contributed by atoms with van der Waals surface area (Å²) in [6.45, 7) is 0. The Morgan fingerprint density at radius 1 is 0.854 bits per heavy atom. The van der Waals surface area contributed by atoms with E-state index in [1.54, 1.807) is 30.5 Å². The van der Waals surface area contributed by atoms with E-state index in [2.05, 4.69) is 30.9 Å². The molecule has 0 spiro atoms. The van der Waals surface area contributed by atoms with Crippen LogP contribution in [0.3, 0.4) is 0 Å². The van der Waals surface area contributed by atoms with Crippen LogP contribution in [0.15, 0.2) is 43.0 Å². The number of carbonyl (C=O) groups is 6. The summed E-state index contributed by atoms with van der Waals surface area (Å²) in [6.07, 6.45) is 2.76. The number of amides is 4. The average molecular weight is 571 g/mol. The number of imidazole rings is 1. The lowest BCUT2D eigenvalue weighted by Crippen LogP contribution is -2.58. The number of para-hydroxylation sites is 1. The fraction of sp³-hybridized carbons (Fsp3) is 0.320. The smallest absolute Gasteiger partial charge is 0.326 e. The molecular formula is C25H30N8O8. The molecule has 1 aromatic carbocycles. The van der Waals surface area contributed by atoms with Crippen molar-refractivity contribution in [1.29, 1.82) is 0 Å². The minimum atomic E-state index is -1.68. The molecule has 11 N–H and O–H groups in total. The molecule has 0 aliphatic rings. The molecule has 16 heteroatoms. The quantitative estimate of drug-likeness (QED) is 0.0959. The van der Waals surface area contributed by atoms with Crippen LogP contribution in [0.1, 0.15) is 24.1 Å². The topological polar surface area (TPSA) is 275 Å². The Balaban J connectivity index is 1.83. The van der Waals surface area contributed by atoms with E-state index in [1.165, 1.54) is 12.5 Å². The number of carbonyl (C=O) groups excluding carboxylic acids is 4. The summed E-state index contributed by atoms with van der Waals surface area (Å²) in [5.41, 5.74) is 12.8. The lowest BCUT2D eigenvalue weighted by Gasteiger charge is -2.24. The fourth-order valence-corrected chi connectivity index (χ4v) is 4.06. The van der Waals surface area contributed by atoms with Crippen molar-refractivity contribution in [2.45, 2.75) is 49.9 Å². The molecule has 3 aromatic rings. The number of H-pyrrole nitrogens is 2. The van der Waals surface area contributed by atoms with Crippen molar-refractivity contribution in [3.63, 3.8) is 0 Å². The number of nitrogens with zero attached hydrogens (tertiary/aromatic N) is 1. The van der Waals surface area contributed by atoms with E-state index in [9.17, 15) is 39.0 Å². The minimum absolute atomic E-state index is 0.0231. The molecular weight excluding hydrogens is 540 g/mol. The number of aromatic nitrogens is 3. The van der Waals surface area contributed by atoms with Crippen LogP contribution in [0, 0.1) is 0 Å². The van der Waals surface area contributed by atoms with Crippen molar-refractivity contribution in [2.75, 3.05) is 0 Å². The van der Waals surface area contributed by atoms with Crippen LogP contribution in [0.4, 0.5) is 0 Å². The van der Waals surface area contributed by atoms with E-state index < -0.39 is 72.6 Å². The van der Waals surface area contributed by atoms with E-state index in [1.807, 2.05) is 0 Å². The third kappa shape index (κ3) is 8.62. The van der Waals surface area contributed by atoms with Gasteiger partial charge in [-0.05, 0) is 11.6 Å². The minimum Gasteiger partial charge on any atom is -0.481 e. The van der Waals surface area contributed by atoms with Gasteiger partial charge in [-0.3, -0.25) is 24.0 Å². The molecule has 4 unspecified atom stereocenters. The van der Waals surface area contributed by atoms with Crippen LogP contribution < -0.4 is 27.4 Å². The number of nitrogens with two attached hydrogens (primary N) is 2. The number of hydrogen-bond donors (Lipinski definition) is 9. The summed E-state index contributed by atoms with van der Waals surface area (Å²) in [5.74, 6) is -6.77. The SMILES string of the molecule is NC(=O)CC(NC(=O)C(Cc1c[nH]c2ccccc12)NC(=O)C(CC(=O)O)NC(=O)C(N)Cc1cnc[nH]1)C(=O)O. The summed E-state index contributed by atoms with van der Waals surface area (Å²) < 4.78 is 0. The third-order valence-electron chi connectivity index (χ3n) is 6.10. The number of carboxylic acids is 2. The average Bonchev–Trinajstić information content (AvgIpc) is 3.56. The van der Waals surface area contributed by atoms with E-state index in [-0.39, 0.29) is 12.8 Å². The maximum Gasteiger partial charge on any atom is 0.326 e. The van der Waals surface area contributed by atoms with Crippen molar-refractivity contribution < 1.29 is 39.0 Å². The van der Waals surface area contributed by atoms with Crippen molar-refractivity contribution in [2.24, 2.45) is 11.5 Å². The molecule has 41 heavy (non-hydrogen) atoms. The van der Waals surface area contributed by atoms with Crippen LogP contribution in [0.2, 0.25) is 0 Å². The van der Waals surface area contributed by atoms with E-state index in [0.717, 1.165) is 5.52 Å². The molecule has 218 valence electrons. The lowest BCUT2D eigenvalue weighted by molar-refractivity contribution is -0.144. The molecule has 0 saturated carbocycles. The molecule has 0 bridgehead atoms. The maximum absolute atomic E-state index is 13.2. The third-order valence-corrected chi connectivity index (χ3v) is 6.10. The van der Waals surface area contributed by atoms with Crippen molar-refractivity contribution in [1.82, 2.24) is 30.9 Å². The predicted octanol–water partition coefficient (Wildman–Crippen LogP) is -2.11. The standard InChI is InChI=1S/C25H30N8O8/c26-15(6-13-10-28-11-30-13)22(37)31-18(8-21(35)36)24(39)32-17(23(38)33-19(25(40)41)7-20(27)34)5-12-9-29-16-4-2-1-3-14(12)16/h1-4,9-11,15,17-19,29H,5-8,26H2,(H2,27,34)(H,28,30)(H,31,37)(H,32,39)(H,33,38)(H,35,36)(H,40,41). The summed E-state index contributed by atoms with van der Waals surface area (Å²) in [6, 6.07) is 1.17. The number of aromatic amines is 2. The van der Waals surface area contributed by atoms with E-state index >= 15 is 0 Å². The highest BCUT2D eigenvalue weighted by Crippen LogP contribution is 2.19. The van der Waals surface area contributed by atoms with Gasteiger partial charge in [0.05, 0.1) is 25.2 Å². The van der Waals surface area contributed by atoms with Gasteiger partial charge in [-0.25, -0.2) is 9.78 Å². The number of nitrogens with one attached hydrogen (secondary N) is 5. The lowest BCUT2D eigenvalue weighted by atomic mass is 10.0. The Kier molecular flexibility index (Phi) is 10.1. The van der Waals surface area contributed by atoms with Crippen LogP contribution in [0.25, 0.3) is 10.9 Å². The molecule has 2 heterocycles. The second-order valence-corrected chi connectivity index (χ2v) is 9.24. The molecule has 0 aliphatic heterocycles. The van der Waals surface area contributed by atoms with Gasteiger partial charge in [-0.1, -0.05) is 18.2 Å². The second kappa shape index (κ2) is 13.7. The highest BCUT2D eigenvalue weighted by Gasteiger charge is 2.32. The fourth-order valence-electron chi connectivity index (χ4n) is 4.06. The summed E-state index contributed by atoms with van der Waals surface area (Å²) in [4.78, 5) is 83.1. The largest absolute Gasteiger partial charge is 0.481 e. The Morgan fingerprint density at radius 2 is 1.51 bits per heavy atom. The summed E-state index contributed by atoms with van der Waals surface area (Å²) >= 11 is 0. The predicted molar refractivity (Wildman–Crippen MR) is 142 cm³/mol. The monoisotopic (exact) mass is 570 g/mol. The second-order valence-electron chi connectivity index (χ2n) is 9.24. The molecule has 4 amide bonds. The maximum atomic E-state index is 13.2. The van der Waals surface area contributed by atoms with Crippen molar-refractivity contribution in [3.8, 4) is 0 Å². The van der Waals surface area contributed by atoms with Gasteiger partial charge in [0, 0.05) is 41.8 Å². The number of primary amides is 1. The van der Waals surface area contributed by atoms with Gasteiger partial charge in [0.1, 0.15) is 18.1 Å². The van der Waals surface area contributed by atoms with Gasteiger partial charge in [-0.2, -0.15) is 0 Å². The number of rotatable bonds is 15. The Labute approximate surface area is 232 Å². The normalized spacial score (nSPS) is 13.9. The molecule has 2 aromatic heterocycles. The number of fused-ring (bicyclic) bond motifs is 1. The number of carboxylic acid groups (broad SMARTS) is 2. The van der Waals surface area contributed by atoms with Gasteiger partial charge in [0.2, 0.25) is 23.6 Å². The molecule has 0 aliphatic carbocycles. The van der Waals surface area contributed by atoms with Gasteiger partial charge in [0.25, 0.3) is 0 Å². The summed E-state index contributed by atoms with van der Waals surface area (Å²) in [5, 5.41) is 26.4. The zero-order valence-electron chi connectivity index (χ0n) is 21.6. The highest BCUT2D eigenvalue weighted by atomic mass is 16.4. The number of hydrogen-bond acceptors (Lipinski definition) is 8. The first-order valence-electron chi connectivity index (χ1n) is 12.4. The van der Waals surface area contributed by atoms with Gasteiger partial charge in [-0.15, -0.1) is 0 Å². The van der Waals surface area contributed by atoms with Crippen LogP contribution in [-0.4, -0.2) is 84.9 Å². The first kappa shape index (κ1) is 30.3. The van der Waals surface area contributed by atoms with Crippen molar-refractivity contribution >= 4 is 46.5 Å². The number of benzene rings is 1. The molecule has 0 saturated heterocycles. The first-order chi connectivity index (χ1) is 19.4. The van der Waals surface area contributed by atoms with Crippen LogP contribution in [-0.2, 0) is 41.6 Å². The van der Waals surface area contributed by atoms with Gasteiger partial charge < -0.3 is 47.6 Å². The molecule has 3 rings (SSSR count). The van der Waals surface area contributed by atoms with Crippen molar-refractivity contribution in [3.05, 3.63) is 54.2 Å².